The Balaban J connectivity index is 1.38. The second-order valence-electron chi connectivity index (χ2n) is 7.83. The minimum Gasteiger partial charge on any atom is -0.390 e. The summed E-state index contributed by atoms with van der Waals surface area (Å²) in [4.78, 5) is 14.6. The molecule has 1 aromatic rings. The molecular weight excluding hydrogens is 355 g/mol. The molecule has 0 radical (unpaired) electrons. The van der Waals surface area contributed by atoms with E-state index in [1.807, 2.05) is 0 Å². The van der Waals surface area contributed by atoms with Crippen LogP contribution in [0.5, 0.6) is 0 Å². The maximum absolute atomic E-state index is 13.4. The van der Waals surface area contributed by atoms with Gasteiger partial charge in [-0.2, -0.15) is 0 Å². The zero-order chi connectivity index (χ0) is 18.6. The van der Waals surface area contributed by atoms with Crippen molar-refractivity contribution in [3.05, 3.63) is 34.6 Å². The summed E-state index contributed by atoms with van der Waals surface area (Å²) >= 11 is 5.80. The largest absolute Gasteiger partial charge is 0.390 e. The Bertz CT molecular complexity index is 606. The smallest absolute Gasteiger partial charge is 0.251 e. The first-order chi connectivity index (χ1) is 12.4. The number of hydrogen-bond donors (Lipinski definition) is 2. The number of nitrogens with one attached hydrogen (secondary N) is 1. The van der Waals surface area contributed by atoms with Gasteiger partial charge in [-0.05, 0) is 69.3 Å². The maximum Gasteiger partial charge on any atom is 0.251 e. The number of hydrogen-bond acceptors (Lipinski definition) is 3. The summed E-state index contributed by atoms with van der Waals surface area (Å²) < 4.78 is 13.4. The van der Waals surface area contributed by atoms with E-state index >= 15 is 0 Å². The highest BCUT2D eigenvalue weighted by Gasteiger charge is 2.31. The number of halogens is 2. The molecule has 0 unspecified atom stereocenters. The summed E-state index contributed by atoms with van der Waals surface area (Å²) in [6.07, 6.45) is 7.11. The van der Waals surface area contributed by atoms with Gasteiger partial charge in [0.15, 0.2) is 0 Å². The molecule has 3 rings (SSSR count). The molecule has 0 spiro atoms. The Labute approximate surface area is 159 Å². The Hall–Kier alpha value is -1.17. The Morgan fingerprint density at radius 2 is 1.96 bits per heavy atom. The van der Waals surface area contributed by atoms with E-state index in [-0.39, 0.29) is 16.5 Å². The topological polar surface area (TPSA) is 52.6 Å². The standard InChI is InChI=1S/C20H28ClFN2O2/c21-17-11-16(12-18(22)13-17)19(25)23-14-15-3-8-24(9-4-15)10-7-20(26)5-1-2-6-20/h11-13,15,26H,1-10,14H2,(H,23,25). The first kappa shape index (κ1) is 19.6. The van der Waals surface area contributed by atoms with Crippen LogP contribution >= 0.6 is 11.6 Å². The van der Waals surface area contributed by atoms with Crippen LogP contribution in [0.3, 0.4) is 0 Å². The molecule has 0 aromatic heterocycles. The van der Waals surface area contributed by atoms with Crippen LogP contribution in [0.1, 0.15) is 55.3 Å². The van der Waals surface area contributed by atoms with Crippen molar-refractivity contribution >= 4 is 17.5 Å². The molecule has 1 aliphatic heterocycles. The van der Waals surface area contributed by atoms with E-state index in [4.69, 9.17) is 11.6 Å². The van der Waals surface area contributed by atoms with Gasteiger partial charge in [-0.15, -0.1) is 0 Å². The van der Waals surface area contributed by atoms with Gasteiger partial charge in [-0.1, -0.05) is 24.4 Å². The first-order valence-corrected chi connectivity index (χ1v) is 10.0. The second kappa shape index (κ2) is 8.68. The Morgan fingerprint density at radius 3 is 2.62 bits per heavy atom. The number of nitrogens with zero attached hydrogens (tertiary/aromatic N) is 1. The van der Waals surface area contributed by atoms with Crippen molar-refractivity contribution in [2.45, 2.75) is 50.5 Å². The molecule has 1 aromatic carbocycles. The molecule has 1 aliphatic carbocycles. The molecule has 4 nitrogen and oxygen atoms in total. The lowest BCUT2D eigenvalue weighted by Gasteiger charge is -2.34. The van der Waals surface area contributed by atoms with Crippen LogP contribution in [-0.2, 0) is 0 Å². The van der Waals surface area contributed by atoms with Crippen molar-refractivity contribution in [2.75, 3.05) is 26.2 Å². The maximum atomic E-state index is 13.4. The van der Waals surface area contributed by atoms with Crippen molar-refractivity contribution in [2.24, 2.45) is 5.92 Å². The fourth-order valence-electron chi connectivity index (χ4n) is 4.09. The Morgan fingerprint density at radius 1 is 1.27 bits per heavy atom. The molecule has 1 amide bonds. The lowest BCUT2D eigenvalue weighted by Crippen LogP contribution is -2.41. The van der Waals surface area contributed by atoms with Crippen LogP contribution in [0, 0.1) is 11.7 Å². The van der Waals surface area contributed by atoms with Gasteiger partial charge in [0.1, 0.15) is 5.82 Å². The monoisotopic (exact) mass is 382 g/mol. The molecule has 1 saturated carbocycles. The van der Waals surface area contributed by atoms with Crippen molar-refractivity contribution in [1.29, 1.82) is 0 Å². The first-order valence-electron chi connectivity index (χ1n) is 9.63. The van der Waals surface area contributed by atoms with E-state index in [9.17, 15) is 14.3 Å². The number of rotatable bonds is 6. The predicted octanol–water partition coefficient (Wildman–Crippen LogP) is 3.62. The van der Waals surface area contributed by atoms with E-state index < -0.39 is 11.4 Å². The van der Waals surface area contributed by atoms with Gasteiger partial charge in [0.05, 0.1) is 5.60 Å². The van der Waals surface area contributed by atoms with Gasteiger partial charge in [0, 0.05) is 23.7 Å². The van der Waals surface area contributed by atoms with Gasteiger partial charge < -0.3 is 15.3 Å². The third kappa shape index (κ3) is 5.41. The lowest BCUT2D eigenvalue weighted by molar-refractivity contribution is 0.0242. The van der Waals surface area contributed by atoms with Gasteiger partial charge >= 0.3 is 0 Å². The quantitative estimate of drug-likeness (QED) is 0.790. The van der Waals surface area contributed by atoms with Gasteiger partial charge in [0.2, 0.25) is 0 Å². The summed E-state index contributed by atoms with van der Waals surface area (Å²) in [7, 11) is 0. The number of aliphatic hydroxyl groups is 1. The average molecular weight is 383 g/mol. The van der Waals surface area contributed by atoms with Crippen LogP contribution in [0.15, 0.2) is 18.2 Å². The number of likely N-dealkylation sites (tertiary alicyclic amines) is 1. The number of carbonyl (C=O) groups is 1. The number of benzene rings is 1. The van der Waals surface area contributed by atoms with E-state index in [0.29, 0.717) is 12.5 Å². The zero-order valence-electron chi connectivity index (χ0n) is 15.1. The molecule has 0 atom stereocenters. The van der Waals surface area contributed by atoms with Crippen molar-refractivity contribution in [1.82, 2.24) is 10.2 Å². The number of piperidine rings is 1. The highest BCUT2D eigenvalue weighted by Crippen LogP contribution is 2.32. The van der Waals surface area contributed by atoms with Gasteiger partial charge in [-0.3, -0.25) is 4.79 Å². The lowest BCUT2D eigenvalue weighted by atomic mass is 9.94. The van der Waals surface area contributed by atoms with E-state index in [1.165, 1.54) is 18.2 Å². The zero-order valence-corrected chi connectivity index (χ0v) is 15.9. The molecule has 1 saturated heterocycles. The van der Waals surface area contributed by atoms with Crippen LogP contribution in [0.4, 0.5) is 4.39 Å². The van der Waals surface area contributed by atoms with E-state index in [0.717, 1.165) is 64.6 Å². The summed E-state index contributed by atoms with van der Waals surface area (Å²) in [6.45, 7) is 3.56. The minimum absolute atomic E-state index is 0.229. The fourth-order valence-corrected chi connectivity index (χ4v) is 4.31. The van der Waals surface area contributed by atoms with E-state index in [2.05, 4.69) is 10.2 Å². The molecule has 6 heteroatoms. The van der Waals surface area contributed by atoms with E-state index in [1.54, 1.807) is 0 Å². The van der Waals surface area contributed by atoms with Crippen molar-refractivity contribution in [3.63, 3.8) is 0 Å². The second-order valence-corrected chi connectivity index (χ2v) is 8.27. The van der Waals surface area contributed by atoms with Crippen molar-refractivity contribution in [3.8, 4) is 0 Å². The molecule has 144 valence electrons. The molecule has 2 fully saturated rings. The molecular formula is C20H28ClFN2O2. The van der Waals surface area contributed by atoms with Gasteiger partial charge in [-0.25, -0.2) is 4.39 Å². The van der Waals surface area contributed by atoms with Crippen molar-refractivity contribution < 1.29 is 14.3 Å². The normalized spacial score (nSPS) is 21.0. The minimum atomic E-state index is -0.500. The summed E-state index contributed by atoms with van der Waals surface area (Å²) in [5.74, 6) is -0.342. The summed E-state index contributed by atoms with van der Waals surface area (Å²) in [5, 5.41) is 13.6. The Kier molecular flexibility index (Phi) is 6.54. The van der Waals surface area contributed by atoms with Crippen LogP contribution in [0.25, 0.3) is 0 Å². The predicted molar refractivity (Wildman–Crippen MR) is 101 cm³/mol. The highest BCUT2D eigenvalue weighted by atomic mass is 35.5. The highest BCUT2D eigenvalue weighted by molar-refractivity contribution is 6.31. The molecule has 0 bridgehead atoms. The summed E-state index contributed by atoms with van der Waals surface area (Å²) in [6, 6.07) is 3.88. The number of carbonyl (C=O) groups excluding carboxylic acids is 1. The number of amides is 1. The van der Waals surface area contributed by atoms with Gasteiger partial charge in [0.25, 0.3) is 5.91 Å². The van der Waals surface area contributed by atoms with Crippen LogP contribution < -0.4 is 5.32 Å². The SMILES string of the molecule is O=C(NCC1CCN(CCC2(O)CCCC2)CC1)c1cc(F)cc(Cl)c1. The molecule has 2 aliphatic rings. The molecule has 1 heterocycles. The summed E-state index contributed by atoms with van der Waals surface area (Å²) in [5.41, 5.74) is -0.172. The van der Waals surface area contributed by atoms with Crippen LogP contribution in [0.2, 0.25) is 5.02 Å². The third-order valence-electron chi connectivity index (χ3n) is 5.81. The van der Waals surface area contributed by atoms with Crippen LogP contribution in [-0.4, -0.2) is 47.7 Å². The fraction of sp³-hybridized carbons (Fsp3) is 0.650. The third-order valence-corrected chi connectivity index (χ3v) is 6.03. The molecule has 2 N–H and O–H groups in total. The molecule has 26 heavy (non-hydrogen) atoms. The average Bonchev–Trinajstić information content (AvgIpc) is 3.05.